The third-order valence-corrected chi connectivity index (χ3v) is 3.49. The summed E-state index contributed by atoms with van der Waals surface area (Å²) in [5.41, 5.74) is 0. The minimum absolute atomic E-state index is 0.0142. The summed E-state index contributed by atoms with van der Waals surface area (Å²) in [6.07, 6.45) is 2.72. The Balaban J connectivity index is 1.77. The zero-order valence-electron chi connectivity index (χ0n) is 10.4. The number of rotatable bonds is 4. The zero-order valence-corrected chi connectivity index (χ0v) is 11.2. The van der Waals surface area contributed by atoms with E-state index in [4.69, 9.17) is 21.4 Å². The quantitative estimate of drug-likeness (QED) is 0.823. The fourth-order valence-corrected chi connectivity index (χ4v) is 2.66. The topological polar surface area (TPSA) is 83.4 Å². The van der Waals surface area contributed by atoms with Crippen LogP contribution >= 0.6 is 11.6 Å². The van der Waals surface area contributed by atoms with Crippen LogP contribution in [0, 0.1) is 0 Å². The molecule has 2 aliphatic rings. The van der Waals surface area contributed by atoms with Crippen molar-refractivity contribution in [2.24, 2.45) is 0 Å². The maximum atomic E-state index is 8.80. The van der Waals surface area contributed by atoms with Gasteiger partial charge in [0, 0.05) is 19.6 Å². The van der Waals surface area contributed by atoms with Crippen LogP contribution in [0.1, 0.15) is 12.8 Å². The molecule has 2 bridgehead atoms. The fraction of sp³-hybridized carbons (Fsp3) is 0.727. The molecule has 2 aliphatic heterocycles. The molecule has 0 saturated carbocycles. The number of anilines is 2. The van der Waals surface area contributed by atoms with Gasteiger partial charge in [0.1, 0.15) is 0 Å². The van der Waals surface area contributed by atoms with Crippen LogP contribution < -0.4 is 10.2 Å². The first-order chi connectivity index (χ1) is 9.24. The molecule has 19 heavy (non-hydrogen) atoms. The van der Waals surface area contributed by atoms with Crippen LogP contribution in [-0.4, -0.2) is 58.5 Å². The van der Waals surface area contributed by atoms with Gasteiger partial charge in [0.25, 0.3) is 0 Å². The number of morpholine rings is 1. The third kappa shape index (κ3) is 2.88. The molecule has 1 aromatic heterocycles. The number of nitrogens with one attached hydrogen (secondary N) is 1. The van der Waals surface area contributed by atoms with Crippen LogP contribution in [0.3, 0.4) is 0 Å². The van der Waals surface area contributed by atoms with E-state index in [1.807, 2.05) is 0 Å². The molecule has 1 aromatic rings. The second kappa shape index (κ2) is 5.44. The molecule has 3 rings (SSSR count). The van der Waals surface area contributed by atoms with Gasteiger partial charge in [0.2, 0.25) is 17.2 Å². The van der Waals surface area contributed by atoms with E-state index in [-0.39, 0.29) is 24.1 Å². The standard InChI is InChI=1S/C11H16ClN5O2/c12-9-14-10(13-3-4-18)16-11(15-9)17-5-7-1-2-8(6-17)19-7/h7-8,18H,1-6H2,(H,13,14,15,16). The molecule has 0 amide bonds. The summed E-state index contributed by atoms with van der Waals surface area (Å²) < 4.78 is 5.78. The van der Waals surface area contributed by atoms with E-state index in [1.165, 1.54) is 0 Å². The molecule has 2 fully saturated rings. The van der Waals surface area contributed by atoms with Crippen molar-refractivity contribution in [2.45, 2.75) is 25.0 Å². The highest BCUT2D eigenvalue weighted by Crippen LogP contribution is 2.28. The van der Waals surface area contributed by atoms with Gasteiger partial charge in [0.15, 0.2) is 0 Å². The largest absolute Gasteiger partial charge is 0.395 e. The van der Waals surface area contributed by atoms with Crippen molar-refractivity contribution in [3.63, 3.8) is 0 Å². The Hall–Kier alpha value is -1.18. The lowest BCUT2D eigenvalue weighted by Gasteiger charge is -2.32. The number of ether oxygens (including phenoxy) is 1. The number of aliphatic hydroxyl groups is 1. The van der Waals surface area contributed by atoms with Crippen molar-refractivity contribution in [3.05, 3.63) is 5.28 Å². The average Bonchev–Trinajstić information content (AvgIpc) is 2.74. The zero-order chi connectivity index (χ0) is 13.2. The Bertz CT molecular complexity index is 449. The van der Waals surface area contributed by atoms with E-state index >= 15 is 0 Å². The van der Waals surface area contributed by atoms with Gasteiger partial charge < -0.3 is 20.1 Å². The monoisotopic (exact) mass is 285 g/mol. The number of fused-ring (bicyclic) bond motifs is 2. The lowest BCUT2D eigenvalue weighted by molar-refractivity contribution is 0.0299. The average molecular weight is 286 g/mol. The molecule has 2 N–H and O–H groups in total. The molecular formula is C11H16ClN5O2. The van der Waals surface area contributed by atoms with Gasteiger partial charge in [-0.2, -0.15) is 15.0 Å². The molecule has 0 spiro atoms. The SMILES string of the molecule is OCCNc1nc(Cl)nc(N2CC3CCC(C2)O3)n1. The van der Waals surface area contributed by atoms with E-state index in [0.717, 1.165) is 25.9 Å². The number of nitrogens with zero attached hydrogens (tertiary/aromatic N) is 4. The predicted octanol–water partition coefficient (Wildman–Crippen LogP) is 0.297. The molecule has 2 unspecified atom stereocenters. The Morgan fingerprint density at radius 1 is 1.26 bits per heavy atom. The van der Waals surface area contributed by atoms with E-state index < -0.39 is 0 Å². The number of hydrogen-bond acceptors (Lipinski definition) is 7. The third-order valence-electron chi connectivity index (χ3n) is 3.32. The first-order valence-corrected chi connectivity index (χ1v) is 6.79. The second-order valence-corrected chi connectivity index (χ2v) is 5.08. The highest BCUT2D eigenvalue weighted by molar-refractivity contribution is 6.28. The van der Waals surface area contributed by atoms with Gasteiger partial charge >= 0.3 is 0 Å². The number of aromatic nitrogens is 3. The highest BCUT2D eigenvalue weighted by atomic mass is 35.5. The molecule has 3 heterocycles. The van der Waals surface area contributed by atoms with E-state index in [2.05, 4.69) is 25.2 Å². The van der Waals surface area contributed by atoms with Crippen LogP contribution in [0.15, 0.2) is 0 Å². The number of aliphatic hydroxyl groups excluding tert-OH is 1. The van der Waals surface area contributed by atoms with E-state index in [9.17, 15) is 0 Å². The Morgan fingerprint density at radius 3 is 2.68 bits per heavy atom. The van der Waals surface area contributed by atoms with Crippen LogP contribution in [0.5, 0.6) is 0 Å². The molecule has 0 aliphatic carbocycles. The Morgan fingerprint density at radius 2 is 2.00 bits per heavy atom. The molecule has 104 valence electrons. The van der Waals surface area contributed by atoms with Crippen molar-refractivity contribution in [2.75, 3.05) is 36.5 Å². The van der Waals surface area contributed by atoms with Gasteiger partial charge in [-0.25, -0.2) is 0 Å². The van der Waals surface area contributed by atoms with Gasteiger partial charge in [-0.15, -0.1) is 0 Å². The van der Waals surface area contributed by atoms with Gasteiger partial charge in [-0.05, 0) is 24.4 Å². The van der Waals surface area contributed by atoms with E-state index in [0.29, 0.717) is 18.4 Å². The lowest BCUT2D eigenvalue weighted by Crippen LogP contribution is -2.43. The first kappa shape index (κ1) is 12.8. The first-order valence-electron chi connectivity index (χ1n) is 6.41. The summed E-state index contributed by atoms with van der Waals surface area (Å²) in [6.45, 7) is 1.97. The maximum absolute atomic E-state index is 8.80. The summed E-state index contributed by atoms with van der Waals surface area (Å²) in [5, 5.41) is 11.9. The van der Waals surface area contributed by atoms with E-state index in [1.54, 1.807) is 0 Å². The summed E-state index contributed by atoms with van der Waals surface area (Å²) in [4.78, 5) is 14.6. The maximum Gasteiger partial charge on any atom is 0.231 e. The number of halogens is 1. The summed E-state index contributed by atoms with van der Waals surface area (Å²) in [6, 6.07) is 0. The smallest absolute Gasteiger partial charge is 0.231 e. The fourth-order valence-electron chi connectivity index (χ4n) is 2.51. The number of hydrogen-bond donors (Lipinski definition) is 2. The molecule has 2 atom stereocenters. The van der Waals surface area contributed by atoms with Crippen LogP contribution in [0.4, 0.5) is 11.9 Å². The minimum atomic E-state index is 0.0142. The highest BCUT2D eigenvalue weighted by Gasteiger charge is 2.34. The summed E-state index contributed by atoms with van der Waals surface area (Å²) in [5.74, 6) is 0.962. The Kier molecular flexibility index (Phi) is 3.67. The normalized spacial score (nSPS) is 25.7. The Labute approximate surface area is 116 Å². The minimum Gasteiger partial charge on any atom is -0.395 e. The molecular weight excluding hydrogens is 270 g/mol. The molecule has 8 heteroatoms. The van der Waals surface area contributed by atoms with Crippen molar-refractivity contribution >= 4 is 23.5 Å². The summed E-state index contributed by atoms with van der Waals surface area (Å²) in [7, 11) is 0. The van der Waals surface area contributed by atoms with Gasteiger partial charge in [-0.3, -0.25) is 0 Å². The van der Waals surface area contributed by atoms with Gasteiger partial charge in [0.05, 0.1) is 18.8 Å². The van der Waals surface area contributed by atoms with Crippen molar-refractivity contribution in [1.29, 1.82) is 0 Å². The van der Waals surface area contributed by atoms with Gasteiger partial charge in [-0.1, -0.05) is 0 Å². The molecule has 0 aromatic carbocycles. The summed E-state index contributed by atoms with van der Waals surface area (Å²) >= 11 is 5.91. The van der Waals surface area contributed by atoms with Crippen LogP contribution in [0.2, 0.25) is 5.28 Å². The van der Waals surface area contributed by atoms with Crippen molar-refractivity contribution < 1.29 is 9.84 Å². The van der Waals surface area contributed by atoms with Crippen LogP contribution in [-0.2, 0) is 4.74 Å². The molecule has 0 radical (unpaired) electrons. The predicted molar refractivity (Wildman–Crippen MR) is 70.5 cm³/mol. The molecule has 7 nitrogen and oxygen atoms in total. The lowest BCUT2D eigenvalue weighted by atomic mass is 10.2. The van der Waals surface area contributed by atoms with Crippen molar-refractivity contribution in [1.82, 2.24) is 15.0 Å². The van der Waals surface area contributed by atoms with Crippen LogP contribution in [0.25, 0.3) is 0 Å². The molecule has 2 saturated heterocycles. The second-order valence-electron chi connectivity index (χ2n) is 4.74. The van der Waals surface area contributed by atoms with Crippen molar-refractivity contribution in [3.8, 4) is 0 Å².